The third-order valence-electron chi connectivity index (χ3n) is 2.57. The van der Waals surface area contributed by atoms with E-state index in [1.165, 1.54) is 12.3 Å². The predicted octanol–water partition coefficient (Wildman–Crippen LogP) is 2.24. The zero-order valence-electron chi connectivity index (χ0n) is 11.0. The van der Waals surface area contributed by atoms with Crippen LogP contribution in [0.3, 0.4) is 0 Å². The fourth-order valence-corrected chi connectivity index (χ4v) is 2.55. The third kappa shape index (κ3) is 2.97. The molecular weight excluding hydrogens is 269 g/mol. The Morgan fingerprint density at radius 2 is 2.05 bits per heavy atom. The minimum atomic E-state index is -4.40. The second-order valence-corrected chi connectivity index (χ2v) is 6.36. The molecule has 0 unspecified atom stereocenters. The zero-order valence-corrected chi connectivity index (χ0v) is 11.8. The lowest BCUT2D eigenvalue weighted by Gasteiger charge is -2.05. The second kappa shape index (κ2) is 4.96. The molecular formula is C12H16NO5P. The number of furan rings is 1. The van der Waals surface area contributed by atoms with Crippen molar-refractivity contribution in [2.45, 2.75) is 27.2 Å². The monoisotopic (exact) mass is 285 g/mol. The molecule has 2 aromatic heterocycles. The minimum Gasteiger partial charge on any atom is -0.460 e. The first-order valence-electron chi connectivity index (χ1n) is 5.89. The van der Waals surface area contributed by atoms with E-state index in [1.54, 1.807) is 6.92 Å². The molecule has 104 valence electrons. The molecule has 0 amide bonds. The number of hydrogen-bond acceptors (Lipinski definition) is 4. The average Bonchev–Trinajstić information content (AvgIpc) is 2.82. The summed E-state index contributed by atoms with van der Waals surface area (Å²) in [5, 5.41) is -0.173. The standard InChI is InChI=1S/C12H16NO5P/c1-7(2)6-9-11(18-8(3)13-9)12-10(4-5-17-12)19(14,15)16/h4-5,7H,6H2,1-3H3,(H2,14,15,16). The fraction of sp³-hybridized carbons (Fsp3) is 0.417. The molecule has 2 heterocycles. The maximum absolute atomic E-state index is 11.4. The Morgan fingerprint density at radius 1 is 1.37 bits per heavy atom. The van der Waals surface area contributed by atoms with E-state index in [2.05, 4.69) is 4.98 Å². The summed E-state index contributed by atoms with van der Waals surface area (Å²) in [6.45, 7) is 5.74. The van der Waals surface area contributed by atoms with Gasteiger partial charge in [0.1, 0.15) is 5.30 Å². The van der Waals surface area contributed by atoms with Gasteiger partial charge in [0.2, 0.25) is 0 Å². The normalized spacial score (nSPS) is 12.3. The van der Waals surface area contributed by atoms with Crippen molar-refractivity contribution < 1.29 is 23.2 Å². The van der Waals surface area contributed by atoms with Crippen LogP contribution in [0.15, 0.2) is 21.2 Å². The van der Waals surface area contributed by atoms with Crippen LogP contribution in [0.2, 0.25) is 0 Å². The van der Waals surface area contributed by atoms with Crippen LogP contribution >= 0.6 is 7.60 Å². The molecule has 0 aliphatic rings. The summed E-state index contributed by atoms with van der Waals surface area (Å²) in [6.07, 6.45) is 1.88. The summed E-state index contributed by atoms with van der Waals surface area (Å²) in [6, 6.07) is 1.26. The van der Waals surface area contributed by atoms with Crippen LogP contribution in [0.5, 0.6) is 0 Å². The minimum absolute atomic E-state index is 0.0598. The van der Waals surface area contributed by atoms with E-state index in [0.29, 0.717) is 29.7 Å². The van der Waals surface area contributed by atoms with Crippen molar-refractivity contribution in [2.24, 2.45) is 5.92 Å². The maximum atomic E-state index is 11.4. The smallest absolute Gasteiger partial charge is 0.360 e. The quantitative estimate of drug-likeness (QED) is 0.836. The Balaban J connectivity index is 2.54. The molecule has 0 fully saturated rings. The van der Waals surface area contributed by atoms with Crippen LogP contribution in [-0.4, -0.2) is 14.8 Å². The summed E-state index contributed by atoms with van der Waals surface area (Å²) in [5.74, 6) is 1.15. The van der Waals surface area contributed by atoms with Crippen molar-refractivity contribution in [2.75, 3.05) is 0 Å². The highest BCUT2D eigenvalue weighted by Crippen LogP contribution is 2.39. The molecule has 0 aliphatic carbocycles. The molecule has 0 bridgehead atoms. The fourth-order valence-electron chi connectivity index (χ4n) is 1.87. The van der Waals surface area contributed by atoms with Gasteiger partial charge in [-0.1, -0.05) is 13.8 Å². The van der Waals surface area contributed by atoms with E-state index in [9.17, 15) is 14.4 Å². The van der Waals surface area contributed by atoms with Crippen molar-refractivity contribution >= 4 is 12.9 Å². The van der Waals surface area contributed by atoms with Crippen LogP contribution in [0.25, 0.3) is 11.5 Å². The van der Waals surface area contributed by atoms with Crippen LogP contribution in [0.4, 0.5) is 0 Å². The second-order valence-electron chi connectivity index (χ2n) is 4.79. The summed E-state index contributed by atoms with van der Waals surface area (Å²) in [7, 11) is -4.40. The molecule has 19 heavy (non-hydrogen) atoms. The molecule has 2 rings (SSSR count). The van der Waals surface area contributed by atoms with Crippen molar-refractivity contribution in [1.82, 2.24) is 4.98 Å². The Labute approximate surface area is 110 Å². The lowest BCUT2D eigenvalue weighted by Crippen LogP contribution is -2.05. The van der Waals surface area contributed by atoms with Crippen molar-refractivity contribution in [1.29, 1.82) is 0 Å². The van der Waals surface area contributed by atoms with E-state index >= 15 is 0 Å². The highest BCUT2D eigenvalue weighted by molar-refractivity contribution is 7.60. The lowest BCUT2D eigenvalue weighted by atomic mass is 10.1. The first kappa shape index (κ1) is 14.1. The van der Waals surface area contributed by atoms with Gasteiger partial charge in [-0.25, -0.2) is 4.98 Å². The maximum Gasteiger partial charge on any atom is 0.360 e. The molecule has 0 saturated heterocycles. The molecule has 0 aliphatic heterocycles. The molecule has 0 saturated carbocycles. The van der Waals surface area contributed by atoms with Crippen molar-refractivity contribution in [3.8, 4) is 11.5 Å². The van der Waals surface area contributed by atoms with E-state index in [4.69, 9.17) is 8.83 Å². The number of rotatable bonds is 4. The molecule has 0 radical (unpaired) electrons. The van der Waals surface area contributed by atoms with Crippen LogP contribution in [0.1, 0.15) is 25.4 Å². The van der Waals surface area contributed by atoms with E-state index in [-0.39, 0.29) is 11.1 Å². The van der Waals surface area contributed by atoms with E-state index in [0.717, 1.165) is 0 Å². The van der Waals surface area contributed by atoms with Gasteiger partial charge in [0.05, 0.1) is 12.0 Å². The van der Waals surface area contributed by atoms with Crippen LogP contribution < -0.4 is 5.30 Å². The summed E-state index contributed by atoms with van der Waals surface area (Å²) < 4.78 is 22.0. The topological polar surface area (TPSA) is 96.7 Å². The number of nitrogens with zero attached hydrogens (tertiary/aromatic N) is 1. The summed E-state index contributed by atoms with van der Waals surface area (Å²) >= 11 is 0. The van der Waals surface area contributed by atoms with Gasteiger partial charge in [0, 0.05) is 6.92 Å². The predicted molar refractivity (Wildman–Crippen MR) is 69.2 cm³/mol. The molecule has 0 aromatic carbocycles. The zero-order chi connectivity index (χ0) is 14.2. The average molecular weight is 285 g/mol. The largest absolute Gasteiger partial charge is 0.460 e. The van der Waals surface area contributed by atoms with Gasteiger partial charge >= 0.3 is 7.60 Å². The van der Waals surface area contributed by atoms with Crippen LogP contribution in [0, 0.1) is 12.8 Å². The molecule has 0 spiro atoms. The highest BCUT2D eigenvalue weighted by Gasteiger charge is 2.29. The van der Waals surface area contributed by atoms with Gasteiger partial charge in [-0.05, 0) is 18.4 Å². The van der Waals surface area contributed by atoms with Gasteiger partial charge in [-0.2, -0.15) is 0 Å². The number of aromatic nitrogens is 1. The van der Waals surface area contributed by atoms with Crippen molar-refractivity contribution in [3.05, 3.63) is 23.9 Å². The van der Waals surface area contributed by atoms with Gasteiger partial charge in [-0.15, -0.1) is 0 Å². The SMILES string of the molecule is Cc1nc(CC(C)C)c(-c2occc2P(=O)(O)O)o1. The molecule has 0 atom stereocenters. The van der Waals surface area contributed by atoms with Crippen molar-refractivity contribution in [3.63, 3.8) is 0 Å². The highest BCUT2D eigenvalue weighted by atomic mass is 31.2. The lowest BCUT2D eigenvalue weighted by molar-refractivity contribution is 0.387. The van der Waals surface area contributed by atoms with E-state index in [1.807, 2.05) is 13.8 Å². The Bertz CT molecular complexity index is 622. The molecule has 2 aromatic rings. The first-order chi connectivity index (χ1) is 8.79. The number of aryl methyl sites for hydroxylation is 1. The summed E-state index contributed by atoms with van der Waals surface area (Å²) in [5.41, 5.74) is 0.650. The Kier molecular flexibility index (Phi) is 3.67. The summed E-state index contributed by atoms with van der Waals surface area (Å²) in [4.78, 5) is 22.8. The third-order valence-corrected chi connectivity index (χ3v) is 3.55. The Hall–Kier alpha value is -1.36. The Morgan fingerprint density at radius 3 is 2.63 bits per heavy atom. The van der Waals surface area contributed by atoms with Gasteiger partial charge < -0.3 is 18.6 Å². The van der Waals surface area contributed by atoms with E-state index < -0.39 is 7.60 Å². The number of hydrogen-bond donors (Lipinski definition) is 2. The molecule has 6 nitrogen and oxygen atoms in total. The van der Waals surface area contributed by atoms with Gasteiger partial charge in [-0.3, -0.25) is 4.57 Å². The van der Waals surface area contributed by atoms with Gasteiger partial charge in [0.25, 0.3) is 0 Å². The first-order valence-corrected chi connectivity index (χ1v) is 7.50. The molecule has 7 heteroatoms. The molecule has 2 N–H and O–H groups in total. The van der Waals surface area contributed by atoms with Crippen LogP contribution in [-0.2, 0) is 11.0 Å². The number of oxazole rings is 1. The van der Waals surface area contributed by atoms with Gasteiger partial charge in [0.15, 0.2) is 17.4 Å².